The number of carbonyl (C=O) groups excluding carboxylic acids is 2. The summed E-state index contributed by atoms with van der Waals surface area (Å²) in [6.07, 6.45) is 6.75. The summed E-state index contributed by atoms with van der Waals surface area (Å²) in [5, 5.41) is 0. The number of hydrogen-bond donors (Lipinski definition) is 0. The van der Waals surface area contributed by atoms with Crippen molar-refractivity contribution in [3.8, 4) is 0 Å². The summed E-state index contributed by atoms with van der Waals surface area (Å²) < 4.78 is 5.97. The number of hydrogen-bond acceptors (Lipinski definition) is 5. The number of halogens is 1. The van der Waals surface area contributed by atoms with Gasteiger partial charge in [0.25, 0.3) is 0 Å². The summed E-state index contributed by atoms with van der Waals surface area (Å²) in [6, 6.07) is 0. The highest BCUT2D eigenvalue weighted by molar-refractivity contribution is 9.11. The van der Waals surface area contributed by atoms with Crippen molar-refractivity contribution < 1.29 is 14.3 Å². The van der Waals surface area contributed by atoms with Crippen LogP contribution in [0.5, 0.6) is 0 Å². The maximum absolute atomic E-state index is 11.8. The van der Waals surface area contributed by atoms with Crippen LogP contribution in [0.2, 0.25) is 0 Å². The molecule has 0 aromatic heterocycles. The lowest BCUT2D eigenvalue weighted by molar-refractivity contribution is -0.153. The van der Waals surface area contributed by atoms with Gasteiger partial charge in [0.1, 0.15) is 17.7 Å². The first-order valence-corrected chi connectivity index (χ1v) is 8.78. The molecular formula is C19H25BrN2O3. The average Bonchev–Trinajstić information content (AvgIpc) is 2.49. The number of allylic oxidation sites excluding steroid dienone is 3. The zero-order chi connectivity index (χ0) is 19.0. The number of aliphatic imine (C=N–C) groups is 1. The fourth-order valence-corrected chi connectivity index (χ4v) is 2.63. The summed E-state index contributed by atoms with van der Waals surface area (Å²) in [4.78, 5) is 28.6. The Kier molecular flexibility index (Phi) is 8.03. The zero-order valence-electron chi connectivity index (χ0n) is 15.0. The van der Waals surface area contributed by atoms with Crippen LogP contribution in [-0.4, -0.2) is 42.6 Å². The van der Waals surface area contributed by atoms with Gasteiger partial charge in [-0.3, -0.25) is 9.59 Å². The van der Waals surface area contributed by atoms with Crippen LogP contribution in [0.15, 0.2) is 51.2 Å². The average molecular weight is 409 g/mol. The Morgan fingerprint density at radius 2 is 2.08 bits per heavy atom. The van der Waals surface area contributed by atoms with Crippen molar-refractivity contribution in [1.29, 1.82) is 0 Å². The number of piperidine rings is 1. The maximum atomic E-state index is 11.8. The molecule has 0 spiro atoms. The van der Waals surface area contributed by atoms with E-state index in [4.69, 9.17) is 4.74 Å². The van der Waals surface area contributed by atoms with E-state index in [9.17, 15) is 9.59 Å². The monoisotopic (exact) mass is 408 g/mol. The van der Waals surface area contributed by atoms with Crippen LogP contribution in [0, 0.1) is 0 Å². The lowest BCUT2D eigenvalue weighted by Gasteiger charge is -2.31. The Balaban J connectivity index is 2.80. The van der Waals surface area contributed by atoms with E-state index < -0.39 is 5.60 Å². The van der Waals surface area contributed by atoms with Gasteiger partial charge in [0, 0.05) is 17.6 Å². The first-order valence-electron chi connectivity index (χ1n) is 7.98. The van der Waals surface area contributed by atoms with Crippen LogP contribution in [0.4, 0.5) is 0 Å². The van der Waals surface area contributed by atoms with Gasteiger partial charge in [-0.2, -0.15) is 0 Å². The van der Waals surface area contributed by atoms with Crippen molar-refractivity contribution in [2.75, 3.05) is 13.1 Å². The molecule has 0 radical (unpaired) electrons. The van der Waals surface area contributed by atoms with Crippen LogP contribution in [0.1, 0.15) is 33.6 Å². The van der Waals surface area contributed by atoms with Gasteiger partial charge in [-0.1, -0.05) is 22.5 Å². The lowest BCUT2D eigenvalue weighted by atomic mass is 9.99. The smallest absolute Gasteiger partial charge is 0.311 e. The molecule has 0 aliphatic carbocycles. The largest absolute Gasteiger partial charge is 0.460 e. The quantitative estimate of drug-likeness (QED) is 0.219. The fourth-order valence-electron chi connectivity index (χ4n) is 2.27. The van der Waals surface area contributed by atoms with Gasteiger partial charge in [0.15, 0.2) is 0 Å². The third-order valence-corrected chi connectivity index (χ3v) is 3.95. The molecule has 6 heteroatoms. The predicted molar refractivity (Wildman–Crippen MR) is 105 cm³/mol. The van der Waals surface area contributed by atoms with E-state index in [0.717, 1.165) is 30.4 Å². The van der Waals surface area contributed by atoms with E-state index in [1.165, 1.54) is 6.08 Å². The van der Waals surface area contributed by atoms with Crippen molar-refractivity contribution in [2.45, 2.75) is 39.2 Å². The molecule has 0 N–H and O–H groups in total. The molecule has 0 saturated carbocycles. The summed E-state index contributed by atoms with van der Waals surface area (Å²) >= 11 is 3.38. The molecule has 1 rings (SSSR count). The number of likely N-dealkylation sites (tertiary alicyclic amines) is 1. The molecule has 0 atom stereocenters. The van der Waals surface area contributed by atoms with Gasteiger partial charge in [-0.05, 0) is 63.3 Å². The highest BCUT2D eigenvalue weighted by atomic mass is 79.9. The highest BCUT2D eigenvalue weighted by Gasteiger charge is 2.19. The number of rotatable bonds is 6. The molecule has 136 valence electrons. The minimum atomic E-state index is -0.508. The Morgan fingerprint density at radius 1 is 1.40 bits per heavy atom. The van der Waals surface area contributed by atoms with Crippen molar-refractivity contribution in [3.63, 3.8) is 0 Å². The molecule has 0 unspecified atom stereocenters. The van der Waals surface area contributed by atoms with E-state index in [-0.39, 0.29) is 12.4 Å². The fraction of sp³-hybridized carbons (Fsp3) is 0.421. The summed E-state index contributed by atoms with van der Waals surface area (Å²) in [5.74, 6) is 0.369. The number of aldehydes is 1. The molecule has 1 aliphatic rings. The Morgan fingerprint density at radius 3 is 2.64 bits per heavy atom. The summed E-state index contributed by atoms with van der Waals surface area (Å²) in [6.45, 7) is 14.4. The minimum Gasteiger partial charge on any atom is -0.460 e. The first kappa shape index (κ1) is 21.1. The molecular weight excluding hydrogens is 384 g/mol. The van der Waals surface area contributed by atoms with Crippen molar-refractivity contribution in [2.24, 2.45) is 4.99 Å². The third-order valence-electron chi connectivity index (χ3n) is 3.40. The molecule has 1 saturated heterocycles. The van der Waals surface area contributed by atoms with Gasteiger partial charge in [0.2, 0.25) is 0 Å². The molecule has 0 aromatic rings. The highest BCUT2D eigenvalue weighted by Crippen LogP contribution is 2.24. The van der Waals surface area contributed by atoms with E-state index in [1.54, 1.807) is 12.2 Å². The van der Waals surface area contributed by atoms with Crippen LogP contribution in [0.3, 0.4) is 0 Å². The van der Waals surface area contributed by atoms with E-state index in [2.05, 4.69) is 34.2 Å². The van der Waals surface area contributed by atoms with Gasteiger partial charge in [-0.25, -0.2) is 4.99 Å². The molecule has 0 bridgehead atoms. The van der Waals surface area contributed by atoms with Crippen LogP contribution in [-0.2, 0) is 14.3 Å². The van der Waals surface area contributed by atoms with Crippen molar-refractivity contribution in [3.05, 3.63) is 46.3 Å². The number of ether oxygens (including phenoxy) is 1. The molecule has 1 aliphatic heterocycles. The number of esters is 1. The van der Waals surface area contributed by atoms with Crippen LogP contribution < -0.4 is 0 Å². The second-order valence-corrected chi connectivity index (χ2v) is 7.68. The lowest BCUT2D eigenvalue weighted by Crippen LogP contribution is -2.31. The first-order chi connectivity index (χ1) is 11.7. The third kappa shape index (κ3) is 7.65. The molecule has 5 nitrogen and oxygen atoms in total. The molecule has 0 aromatic carbocycles. The Bertz CT molecular complexity index is 640. The van der Waals surface area contributed by atoms with Gasteiger partial charge < -0.3 is 9.64 Å². The van der Waals surface area contributed by atoms with Gasteiger partial charge in [-0.15, -0.1) is 0 Å². The molecule has 25 heavy (non-hydrogen) atoms. The van der Waals surface area contributed by atoms with Crippen LogP contribution in [0.25, 0.3) is 0 Å². The Labute approximate surface area is 158 Å². The minimum absolute atomic E-state index is 0.144. The van der Waals surface area contributed by atoms with Crippen molar-refractivity contribution >= 4 is 34.9 Å². The zero-order valence-corrected chi connectivity index (χ0v) is 16.6. The van der Waals surface area contributed by atoms with Gasteiger partial charge >= 0.3 is 5.97 Å². The van der Waals surface area contributed by atoms with Crippen LogP contribution >= 0.6 is 15.9 Å². The topological polar surface area (TPSA) is 59.0 Å². The van der Waals surface area contributed by atoms with E-state index in [0.29, 0.717) is 16.8 Å². The summed E-state index contributed by atoms with van der Waals surface area (Å²) in [7, 11) is 0. The Hall–Kier alpha value is -1.95. The molecule has 1 fully saturated rings. The normalized spacial score (nSPS) is 18.3. The van der Waals surface area contributed by atoms with E-state index >= 15 is 0 Å². The predicted octanol–water partition coefficient (Wildman–Crippen LogP) is 3.93. The molecule has 0 amide bonds. The molecule has 1 heterocycles. The second-order valence-electron chi connectivity index (χ2n) is 6.66. The van der Waals surface area contributed by atoms with E-state index in [1.807, 2.05) is 25.7 Å². The number of carbonyl (C=O) groups is 2. The SMILES string of the molecule is C=N/C(=C\C=C(\Br)CC(=O)OC(C)(C)C)N1CCC(=C)/C(=C/C=O)C1. The van der Waals surface area contributed by atoms with Gasteiger partial charge in [0.05, 0.1) is 6.42 Å². The second kappa shape index (κ2) is 9.51. The maximum Gasteiger partial charge on any atom is 0.311 e. The summed E-state index contributed by atoms with van der Waals surface area (Å²) in [5.41, 5.74) is 1.35. The number of nitrogens with zero attached hydrogens (tertiary/aromatic N) is 2. The van der Waals surface area contributed by atoms with Crippen molar-refractivity contribution in [1.82, 2.24) is 4.90 Å². The standard InChI is InChI=1S/C19H25BrN2O3/c1-14-8-10-22(13-15(14)9-11-23)17(21-5)7-6-16(20)12-18(24)25-19(2,3)4/h6-7,9,11H,1,5,8,10,12-13H2,2-4H3/b15-9+,16-6+,17-7+.